The number of nitrogens with zero attached hydrogens (tertiary/aromatic N) is 1. The van der Waals surface area contributed by atoms with Gasteiger partial charge in [-0.3, -0.25) is 4.79 Å². The largest absolute Gasteiger partial charge is 0.445 e. The highest BCUT2D eigenvalue weighted by atomic mass is 32.1. The van der Waals surface area contributed by atoms with Crippen LogP contribution in [0.25, 0.3) is 0 Å². The summed E-state index contributed by atoms with van der Waals surface area (Å²) in [6, 6.07) is 21.9. The van der Waals surface area contributed by atoms with Gasteiger partial charge in [0, 0.05) is 5.56 Å². The monoisotopic (exact) mass is 305 g/mol. The number of hydrogen-bond donors (Lipinski definition) is 0. The Labute approximate surface area is 132 Å². The highest BCUT2D eigenvalue weighted by Gasteiger charge is 2.17. The minimum absolute atomic E-state index is 0.106. The van der Waals surface area contributed by atoms with E-state index in [0.29, 0.717) is 26.8 Å². The number of ether oxygens (including phenoxy) is 1. The summed E-state index contributed by atoms with van der Waals surface area (Å²) in [5.74, 6) is 0.532. The normalized spacial score (nSPS) is 9.95. The molecule has 3 rings (SSSR count). The molecule has 0 bridgehead atoms. The quantitative estimate of drug-likeness (QED) is 0.660. The molecule has 0 N–H and O–H groups in total. The molecule has 0 aliphatic carbocycles. The average molecular weight is 305 g/mol. The van der Waals surface area contributed by atoms with Gasteiger partial charge < -0.3 is 4.74 Å². The summed E-state index contributed by atoms with van der Waals surface area (Å²) < 4.78 is 5.71. The fourth-order valence-corrected chi connectivity index (χ4v) is 2.91. The van der Waals surface area contributed by atoms with Crippen LogP contribution >= 0.6 is 11.3 Å². The lowest BCUT2D eigenvalue weighted by Gasteiger charge is -2.02. The van der Waals surface area contributed by atoms with Crippen LogP contribution in [-0.2, 0) is 0 Å². The van der Waals surface area contributed by atoms with Crippen LogP contribution in [-0.4, -0.2) is 5.78 Å². The number of ketones is 1. The Bertz CT molecular complexity index is 833. The lowest BCUT2D eigenvalue weighted by atomic mass is 10.1. The van der Waals surface area contributed by atoms with Crippen LogP contribution in [0.15, 0.2) is 66.7 Å². The molecule has 0 saturated heterocycles. The highest BCUT2D eigenvalue weighted by molar-refractivity contribution is 7.16. The molecule has 0 saturated carbocycles. The van der Waals surface area contributed by atoms with Crippen molar-refractivity contribution in [2.45, 2.75) is 0 Å². The van der Waals surface area contributed by atoms with Gasteiger partial charge in [0.2, 0.25) is 5.78 Å². The maximum Gasteiger partial charge on any atom is 0.203 e. The van der Waals surface area contributed by atoms with Crippen molar-refractivity contribution in [3.8, 4) is 16.9 Å². The second-order valence-electron chi connectivity index (χ2n) is 4.53. The van der Waals surface area contributed by atoms with Gasteiger partial charge in [-0.25, -0.2) is 0 Å². The van der Waals surface area contributed by atoms with Crippen molar-refractivity contribution in [2.75, 3.05) is 0 Å². The summed E-state index contributed by atoms with van der Waals surface area (Å²) in [6.45, 7) is 0. The van der Waals surface area contributed by atoms with Crippen LogP contribution in [0.4, 0.5) is 0 Å². The first-order valence-electron chi connectivity index (χ1n) is 6.64. The van der Waals surface area contributed by atoms with Gasteiger partial charge in [-0.15, -0.1) is 0 Å². The minimum Gasteiger partial charge on any atom is -0.445 e. The SMILES string of the molecule is N#Cc1cc(C(=O)c2ccccc2)sc1Oc1ccccc1. The molecular formula is C18H11NO2S. The van der Waals surface area contributed by atoms with Gasteiger partial charge in [-0.2, -0.15) is 5.26 Å². The summed E-state index contributed by atoms with van der Waals surface area (Å²) in [6.07, 6.45) is 0. The third-order valence-corrected chi connectivity index (χ3v) is 4.04. The minimum atomic E-state index is -0.106. The molecule has 22 heavy (non-hydrogen) atoms. The molecule has 3 aromatic rings. The van der Waals surface area contributed by atoms with Crippen molar-refractivity contribution in [3.05, 3.63) is 82.7 Å². The molecule has 0 aliphatic heterocycles. The standard InChI is InChI=1S/C18H11NO2S/c19-12-14-11-16(17(20)13-7-3-1-4-8-13)22-18(14)21-15-9-5-2-6-10-15/h1-11H. The first-order valence-corrected chi connectivity index (χ1v) is 7.46. The summed E-state index contributed by atoms with van der Waals surface area (Å²) >= 11 is 1.19. The fraction of sp³-hybridized carbons (Fsp3) is 0. The number of benzene rings is 2. The van der Waals surface area contributed by atoms with E-state index in [9.17, 15) is 10.1 Å². The van der Waals surface area contributed by atoms with Gasteiger partial charge >= 0.3 is 0 Å². The summed E-state index contributed by atoms with van der Waals surface area (Å²) in [5.41, 5.74) is 0.965. The zero-order chi connectivity index (χ0) is 15.4. The van der Waals surface area contributed by atoms with Gasteiger partial charge in [-0.1, -0.05) is 59.9 Å². The lowest BCUT2D eigenvalue weighted by Crippen LogP contribution is -1.97. The Hall–Kier alpha value is -2.90. The van der Waals surface area contributed by atoms with Gasteiger partial charge in [0.25, 0.3) is 0 Å². The molecular weight excluding hydrogens is 294 g/mol. The number of carbonyl (C=O) groups excluding carboxylic acids is 1. The molecule has 4 heteroatoms. The first-order chi connectivity index (χ1) is 10.8. The van der Waals surface area contributed by atoms with E-state index in [-0.39, 0.29) is 5.78 Å². The highest BCUT2D eigenvalue weighted by Crippen LogP contribution is 2.34. The van der Waals surface area contributed by atoms with Gasteiger partial charge in [0.15, 0.2) is 5.06 Å². The van der Waals surface area contributed by atoms with Crippen LogP contribution in [0.5, 0.6) is 10.8 Å². The predicted octanol–water partition coefficient (Wildman–Crippen LogP) is 4.64. The van der Waals surface area contributed by atoms with Crippen LogP contribution < -0.4 is 4.74 Å². The summed E-state index contributed by atoms with van der Waals surface area (Å²) in [5, 5.41) is 9.67. The van der Waals surface area contributed by atoms with Crippen LogP contribution in [0.2, 0.25) is 0 Å². The van der Waals surface area contributed by atoms with Crippen molar-refractivity contribution in [1.29, 1.82) is 5.26 Å². The number of nitriles is 1. The molecule has 0 aliphatic rings. The van der Waals surface area contributed by atoms with E-state index in [0.717, 1.165) is 0 Å². The van der Waals surface area contributed by atoms with E-state index in [1.54, 1.807) is 30.3 Å². The molecule has 2 aromatic carbocycles. The van der Waals surface area contributed by atoms with E-state index in [2.05, 4.69) is 6.07 Å². The number of rotatable bonds is 4. The smallest absolute Gasteiger partial charge is 0.203 e. The Morgan fingerprint density at radius 3 is 2.27 bits per heavy atom. The molecule has 3 nitrogen and oxygen atoms in total. The zero-order valence-corrected chi connectivity index (χ0v) is 12.3. The lowest BCUT2D eigenvalue weighted by molar-refractivity contribution is 0.104. The van der Waals surface area contributed by atoms with E-state index >= 15 is 0 Å². The zero-order valence-electron chi connectivity index (χ0n) is 11.5. The molecule has 1 heterocycles. The van der Waals surface area contributed by atoms with Crippen LogP contribution in [0.1, 0.15) is 20.8 Å². The molecule has 0 unspecified atom stereocenters. The third-order valence-electron chi connectivity index (χ3n) is 3.03. The van der Waals surface area contributed by atoms with Crippen LogP contribution in [0.3, 0.4) is 0 Å². The Balaban J connectivity index is 1.92. The molecule has 106 valence electrons. The van der Waals surface area contributed by atoms with E-state index < -0.39 is 0 Å². The predicted molar refractivity (Wildman–Crippen MR) is 85.4 cm³/mol. The molecule has 0 amide bonds. The van der Waals surface area contributed by atoms with E-state index in [1.165, 1.54) is 11.3 Å². The van der Waals surface area contributed by atoms with E-state index in [4.69, 9.17) is 4.74 Å². The summed E-state index contributed by atoms with van der Waals surface area (Å²) in [4.78, 5) is 12.9. The van der Waals surface area contributed by atoms with Crippen molar-refractivity contribution in [1.82, 2.24) is 0 Å². The second kappa shape index (κ2) is 6.25. The molecule has 0 radical (unpaired) electrons. The van der Waals surface area contributed by atoms with Gasteiger partial charge in [0.1, 0.15) is 17.4 Å². The number of thiophene rings is 1. The third kappa shape index (κ3) is 2.90. The fourth-order valence-electron chi connectivity index (χ4n) is 1.97. The second-order valence-corrected chi connectivity index (χ2v) is 5.55. The summed E-state index contributed by atoms with van der Waals surface area (Å²) in [7, 11) is 0. The number of carbonyl (C=O) groups is 1. The molecule has 1 aromatic heterocycles. The van der Waals surface area contributed by atoms with Crippen molar-refractivity contribution >= 4 is 17.1 Å². The Morgan fingerprint density at radius 1 is 1.00 bits per heavy atom. The van der Waals surface area contributed by atoms with E-state index in [1.807, 2.05) is 36.4 Å². The average Bonchev–Trinajstić information content (AvgIpc) is 2.99. The Morgan fingerprint density at radius 2 is 1.64 bits per heavy atom. The maximum absolute atomic E-state index is 12.4. The van der Waals surface area contributed by atoms with Gasteiger partial charge in [0.05, 0.1) is 4.88 Å². The van der Waals surface area contributed by atoms with Crippen molar-refractivity contribution < 1.29 is 9.53 Å². The van der Waals surface area contributed by atoms with Crippen molar-refractivity contribution in [3.63, 3.8) is 0 Å². The van der Waals surface area contributed by atoms with Gasteiger partial charge in [-0.05, 0) is 18.2 Å². The van der Waals surface area contributed by atoms with Crippen LogP contribution in [0, 0.1) is 11.3 Å². The molecule has 0 fully saturated rings. The number of hydrogen-bond acceptors (Lipinski definition) is 4. The molecule has 0 atom stereocenters. The molecule has 0 spiro atoms. The first kappa shape index (κ1) is 14.1. The number of para-hydroxylation sites is 1. The Kier molecular flexibility index (Phi) is 3.99. The topological polar surface area (TPSA) is 50.1 Å². The maximum atomic E-state index is 12.4. The van der Waals surface area contributed by atoms with Crippen molar-refractivity contribution in [2.24, 2.45) is 0 Å².